The lowest BCUT2D eigenvalue weighted by Crippen LogP contribution is -2.25. The third kappa shape index (κ3) is 1.89. The van der Waals surface area contributed by atoms with Gasteiger partial charge in [0.25, 0.3) is 0 Å². The van der Waals surface area contributed by atoms with E-state index in [1.165, 1.54) is 0 Å². The number of pyridine rings is 1. The number of halogens is 1. The number of hydrogen-bond acceptors (Lipinski definition) is 3. The number of carbonyl (C=O) groups is 1. The van der Waals surface area contributed by atoms with Crippen LogP contribution in [0.5, 0.6) is 0 Å². The van der Waals surface area contributed by atoms with Gasteiger partial charge >= 0.3 is 0 Å². The summed E-state index contributed by atoms with van der Waals surface area (Å²) in [7, 11) is 1.82. The molecule has 0 spiro atoms. The Hall–Kier alpha value is -1.62. The number of fused-ring (bicyclic) bond motifs is 1. The van der Waals surface area contributed by atoms with Crippen molar-refractivity contribution in [1.82, 2.24) is 19.4 Å². The van der Waals surface area contributed by atoms with Crippen molar-refractivity contribution < 1.29 is 4.79 Å². The molecule has 0 aliphatic carbocycles. The second-order valence-corrected chi connectivity index (χ2v) is 5.22. The summed E-state index contributed by atoms with van der Waals surface area (Å²) in [4.78, 5) is 22.8. The molecular weight excluding hydrogens is 264 g/mol. The van der Waals surface area contributed by atoms with Gasteiger partial charge in [-0.3, -0.25) is 9.36 Å². The van der Waals surface area contributed by atoms with Crippen molar-refractivity contribution in [3.8, 4) is 0 Å². The smallest absolute Gasteiger partial charge is 0.245 e. The number of likely N-dealkylation sites (tertiary alicyclic amines) is 1. The van der Waals surface area contributed by atoms with Crippen LogP contribution >= 0.6 is 11.6 Å². The summed E-state index contributed by atoms with van der Waals surface area (Å²) in [5.41, 5.74) is 2.60. The Morgan fingerprint density at radius 1 is 1.53 bits per heavy atom. The summed E-state index contributed by atoms with van der Waals surface area (Å²) < 4.78 is 1.90. The molecule has 2 aromatic rings. The van der Waals surface area contributed by atoms with Crippen molar-refractivity contribution in [3.05, 3.63) is 23.7 Å². The van der Waals surface area contributed by atoms with Gasteiger partial charge in [-0.1, -0.05) is 0 Å². The number of nitrogens with zero attached hydrogens (tertiary/aromatic N) is 4. The topological polar surface area (TPSA) is 51.0 Å². The van der Waals surface area contributed by atoms with E-state index in [1.807, 2.05) is 24.6 Å². The monoisotopic (exact) mass is 278 g/mol. The van der Waals surface area contributed by atoms with E-state index in [9.17, 15) is 4.79 Å². The zero-order valence-electron chi connectivity index (χ0n) is 10.9. The van der Waals surface area contributed by atoms with Crippen LogP contribution in [0, 0.1) is 6.92 Å². The summed E-state index contributed by atoms with van der Waals surface area (Å²) in [6, 6.07) is 1.75. The second-order valence-electron chi connectivity index (χ2n) is 4.95. The van der Waals surface area contributed by atoms with Crippen molar-refractivity contribution in [1.29, 1.82) is 0 Å². The normalized spacial score (nSPS) is 19.6. The van der Waals surface area contributed by atoms with E-state index in [1.54, 1.807) is 11.1 Å². The molecule has 1 atom stereocenters. The Morgan fingerprint density at radius 3 is 2.95 bits per heavy atom. The van der Waals surface area contributed by atoms with Crippen LogP contribution in [-0.4, -0.2) is 38.9 Å². The van der Waals surface area contributed by atoms with Gasteiger partial charge in [0, 0.05) is 19.8 Å². The van der Waals surface area contributed by atoms with Crippen LogP contribution < -0.4 is 0 Å². The largest absolute Gasteiger partial charge is 0.344 e. The Labute approximate surface area is 116 Å². The Bertz CT molecular complexity index is 651. The van der Waals surface area contributed by atoms with Gasteiger partial charge in [0.15, 0.2) is 5.65 Å². The fourth-order valence-electron chi connectivity index (χ4n) is 2.59. The molecule has 3 heterocycles. The maximum atomic E-state index is 12.2. The van der Waals surface area contributed by atoms with Crippen LogP contribution in [0.4, 0.5) is 0 Å². The highest BCUT2D eigenvalue weighted by Crippen LogP contribution is 2.28. The highest BCUT2D eigenvalue weighted by molar-refractivity contribution is 6.16. The van der Waals surface area contributed by atoms with Gasteiger partial charge in [-0.15, -0.1) is 11.6 Å². The fraction of sp³-hybridized carbons (Fsp3) is 0.462. The number of amides is 1. The van der Waals surface area contributed by atoms with Crippen molar-refractivity contribution in [3.63, 3.8) is 0 Å². The Balaban J connectivity index is 2.19. The highest BCUT2D eigenvalue weighted by atomic mass is 35.5. The van der Waals surface area contributed by atoms with Crippen molar-refractivity contribution in [2.24, 2.45) is 0 Å². The SMILES string of the molecule is Cc1cnc2c(c1)nc(CCl)n2C1CCN(C)C1=O. The summed E-state index contributed by atoms with van der Waals surface area (Å²) in [5, 5.41) is 0. The predicted molar refractivity (Wildman–Crippen MR) is 73.1 cm³/mol. The van der Waals surface area contributed by atoms with Crippen LogP contribution in [0.3, 0.4) is 0 Å². The molecule has 3 rings (SSSR count). The van der Waals surface area contributed by atoms with E-state index in [0.29, 0.717) is 5.82 Å². The summed E-state index contributed by atoms with van der Waals surface area (Å²) >= 11 is 5.97. The zero-order chi connectivity index (χ0) is 13.6. The number of alkyl halides is 1. The number of carbonyl (C=O) groups excluding carboxylic acids is 1. The molecule has 19 heavy (non-hydrogen) atoms. The first-order valence-corrected chi connectivity index (χ1v) is 6.79. The molecule has 6 heteroatoms. The van der Waals surface area contributed by atoms with Gasteiger partial charge in [-0.05, 0) is 25.0 Å². The third-order valence-corrected chi connectivity index (χ3v) is 3.81. The predicted octanol–water partition coefficient (Wildman–Crippen LogP) is 1.88. The average Bonchev–Trinajstić information content (AvgIpc) is 2.90. The first-order valence-electron chi connectivity index (χ1n) is 6.26. The molecule has 1 fully saturated rings. The van der Waals surface area contributed by atoms with Gasteiger partial charge < -0.3 is 4.90 Å². The van der Waals surface area contributed by atoms with Crippen LogP contribution in [0.2, 0.25) is 0 Å². The molecule has 1 amide bonds. The molecule has 0 saturated carbocycles. The van der Waals surface area contributed by atoms with E-state index in [0.717, 1.165) is 29.7 Å². The molecule has 0 bridgehead atoms. The average molecular weight is 279 g/mol. The number of hydrogen-bond donors (Lipinski definition) is 0. The third-order valence-electron chi connectivity index (χ3n) is 3.57. The highest BCUT2D eigenvalue weighted by Gasteiger charge is 2.33. The quantitative estimate of drug-likeness (QED) is 0.788. The number of likely N-dealkylation sites (N-methyl/N-ethyl adjacent to an activating group) is 1. The van der Waals surface area contributed by atoms with Gasteiger partial charge in [0.1, 0.15) is 17.4 Å². The van der Waals surface area contributed by atoms with Crippen LogP contribution in [0.25, 0.3) is 11.2 Å². The number of imidazole rings is 1. The molecular formula is C13H15ClN4O. The summed E-state index contributed by atoms with van der Waals surface area (Å²) in [6.45, 7) is 2.73. The molecule has 0 aromatic carbocycles. The summed E-state index contributed by atoms with van der Waals surface area (Å²) in [5.74, 6) is 1.10. The minimum atomic E-state index is -0.223. The maximum Gasteiger partial charge on any atom is 0.245 e. The molecule has 0 radical (unpaired) electrons. The van der Waals surface area contributed by atoms with Gasteiger partial charge in [0.05, 0.1) is 5.88 Å². The molecule has 1 aliphatic rings. The molecule has 1 aliphatic heterocycles. The first-order chi connectivity index (χ1) is 9.11. The molecule has 5 nitrogen and oxygen atoms in total. The van der Waals surface area contributed by atoms with Crippen molar-refractivity contribution in [2.45, 2.75) is 25.3 Å². The Morgan fingerprint density at radius 2 is 2.32 bits per heavy atom. The number of aryl methyl sites for hydroxylation is 1. The lowest BCUT2D eigenvalue weighted by Gasteiger charge is -2.14. The minimum Gasteiger partial charge on any atom is -0.344 e. The standard InChI is InChI=1S/C13H15ClN4O/c1-8-5-9-12(15-7-8)18(11(6-14)16-9)10-3-4-17(2)13(10)19/h5,7,10H,3-4,6H2,1-2H3. The lowest BCUT2D eigenvalue weighted by molar-refractivity contribution is -0.129. The van der Waals surface area contributed by atoms with Crippen LogP contribution in [0.15, 0.2) is 12.3 Å². The van der Waals surface area contributed by atoms with E-state index in [2.05, 4.69) is 9.97 Å². The maximum absolute atomic E-state index is 12.2. The van der Waals surface area contributed by atoms with E-state index >= 15 is 0 Å². The first kappa shape index (κ1) is 12.4. The van der Waals surface area contributed by atoms with Crippen LogP contribution in [-0.2, 0) is 10.7 Å². The number of aromatic nitrogens is 3. The summed E-state index contributed by atoms with van der Waals surface area (Å²) in [6.07, 6.45) is 2.57. The Kier molecular flexibility index (Phi) is 2.93. The van der Waals surface area contributed by atoms with E-state index in [-0.39, 0.29) is 17.8 Å². The lowest BCUT2D eigenvalue weighted by atomic mass is 10.2. The van der Waals surface area contributed by atoms with E-state index in [4.69, 9.17) is 11.6 Å². The van der Waals surface area contributed by atoms with Crippen molar-refractivity contribution in [2.75, 3.05) is 13.6 Å². The van der Waals surface area contributed by atoms with Crippen LogP contribution in [0.1, 0.15) is 23.9 Å². The number of rotatable bonds is 2. The zero-order valence-corrected chi connectivity index (χ0v) is 11.7. The van der Waals surface area contributed by atoms with Gasteiger partial charge in [0.2, 0.25) is 5.91 Å². The minimum absolute atomic E-state index is 0.105. The molecule has 0 N–H and O–H groups in total. The second kappa shape index (κ2) is 4.49. The molecule has 2 aromatic heterocycles. The molecule has 1 saturated heterocycles. The fourth-order valence-corrected chi connectivity index (χ4v) is 2.78. The molecule has 100 valence electrons. The molecule has 1 unspecified atom stereocenters. The van der Waals surface area contributed by atoms with Crippen molar-refractivity contribution >= 4 is 28.7 Å². The van der Waals surface area contributed by atoms with E-state index < -0.39 is 0 Å². The van der Waals surface area contributed by atoms with Gasteiger partial charge in [-0.2, -0.15) is 0 Å². The van der Waals surface area contributed by atoms with Gasteiger partial charge in [-0.25, -0.2) is 9.97 Å².